The molecule has 1 fully saturated rings. The maximum absolute atomic E-state index is 12.6. The molecule has 2 bridgehead atoms. The molecule has 0 aliphatic carbocycles. The van der Waals surface area contributed by atoms with Crippen LogP contribution in [0.25, 0.3) is 0 Å². The fourth-order valence-electron chi connectivity index (χ4n) is 3.69. The van der Waals surface area contributed by atoms with Crippen LogP contribution in [-0.2, 0) is 33.7 Å². The molecule has 2 aliphatic heterocycles. The first-order chi connectivity index (χ1) is 11.2. The number of carbonyl (C=O) groups is 1. The minimum Gasteiger partial charge on any atom is -0.382 e. The molecule has 0 aromatic carbocycles. The molecule has 23 heavy (non-hydrogen) atoms. The predicted octanol–water partition coefficient (Wildman–Crippen LogP) is 0.809. The van der Waals surface area contributed by atoms with Crippen LogP contribution in [0.15, 0.2) is 0 Å². The topological polar surface area (TPSA) is 69.5 Å². The monoisotopic (exact) mass is 322 g/mol. The second kappa shape index (κ2) is 7.40. The van der Waals surface area contributed by atoms with E-state index in [4.69, 9.17) is 9.47 Å². The molecule has 0 radical (unpaired) electrons. The summed E-state index contributed by atoms with van der Waals surface area (Å²) in [5.41, 5.74) is 0. The van der Waals surface area contributed by atoms with Crippen molar-refractivity contribution < 1.29 is 14.3 Å². The number of aryl methyl sites for hydroxylation is 1. The molecule has 1 aromatic rings. The summed E-state index contributed by atoms with van der Waals surface area (Å²) in [6.45, 7) is 4.08. The van der Waals surface area contributed by atoms with E-state index in [-0.39, 0.29) is 24.6 Å². The first-order valence-electron chi connectivity index (χ1n) is 8.53. The van der Waals surface area contributed by atoms with Gasteiger partial charge < -0.3 is 18.9 Å². The zero-order valence-corrected chi connectivity index (χ0v) is 14.0. The highest BCUT2D eigenvalue weighted by molar-refractivity contribution is 5.78. The smallest absolute Gasteiger partial charge is 0.249 e. The highest BCUT2D eigenvalue weighted by Crippen LogP contribution is 2.31. The molecular formula is C16H26N4O3. The second-order valence-corrected chi connectivity index (χ2v) is 6.33. The molecule has 3 heterocycles. The van der Waals surface area contributed by atoms with E-state index in [1.165, 1.54) is 0 Å². The van der Waals surface area contributed by atoms with Crippen molar-refractivity contribution in [3.8, 4) is 0 Å². The van der Waals surface area contributed by atoms with Gasteiger partial charge in [-0.25, -0.2) is 0 Å². The number of rotatable bonds is 7. The molecule has 1 amide bonds. The van der Waals surface area contributed by atoms with Crippen molar-refractivity contribution >= 4 is 5.91 Å². The van der Waals surface area contributed by atoms with Crippen molar-refractivity contribution in [2.24, 2.45) is 0 Å². The van der Waals surface area contributed by atoms with E-state index in [2.05, 4.69) is 21.7 Å². The number of ether oxygens (including phenoxy) is 2. The van der Waals surface area contributed by atoms with E-state index in [0.29, 0.717) is 13.2 Å². The summed E-state index contributed by atoms with van der Waals surface area (Å²) in [7, 11) is 1.63. The quantitative estimate of drug-likeness (QED) is 0.695. The molecule has 0 N–H and O–H groups in total. The van der Waals surface area contributed by atoms with E-state index < -0.39 is 0 Å². The van der Waals surface area contributed by atoms with Crippen molar-refractivity contribution in [1.29, 1.82) is 0 Å². The summed E-state index contributed by atoms with van der Waals surface area (Å²) in [6, 6.07) is 0.477. The van der Waals surface area contributed by atoms with Gasteiger partial charge in [-0.1, -0.05) is 6.92 Å². The summed E-state index contributed by atoms with van der Waals surface area (Å²) in [6.07, 6.45) is 4.90. The van der Waals surface area contributed by atoms with Crippen molar-refractivity contribution in [3.63, 3.8) is 0 Å². The van der Waals surface area contributed by atoms with Crippen LogP contribution in [0.1, 0.15) is 37.8 Å². The van der Waals surface area contributed by atoms with Crippen LogP contribution < -0.4 is 0 Å². The lowest BCUT2D eigenvalue weighted by Gasteiger charge is -2.28. The van der Waals surface area contributed by atoms with Gasteiger partial charge in [0.2, 0.25) is 5.91 Å². The molecule has 7 heteroatoms. The first kappa shape index (κ1) is 16.4. The Hall–Kier alpha value is -1.47. The molecule has 1 saturated heterocycles. The van der Waals surface area contributed by atoms with Gasteiger partial charge in [0, 0.05) is 32.5 Å². The Balaban J connectivity index is 1.68. The largest absolute Gasteiger partial charge is 0.382 e. The molecular weight excluding hydrogens is 296 g/mol. The normalized spacial score (nSPS) is 23.0. The van der Waals surface area contributed by atoms with Gasteiger partial charge in [0.15, 0.2) is 0 Å². The summed E-state index contributed by atoms with van der Waals surface area (Å²) in [4.78, 5) is 14.6. The minimum absolute atomic E-state index is 0.0874. The number of methoxy groups -OCH3 is 1. The molecule has 3 rings (SSSR count). The van der Waals surface area contributed by atoms with E-state index >= 15 is 0 Å². The maximum atomic E-state index is 12.6. The van der Waals surface area contributed by atoms with Crippen LogP contribution in [0.2, 0.25) is 0 Å². The Morgan fingerprint density at radius 3 is 2.87 bits per heavy atom. The first-order valence-corrected chi connectivity index (χ1v) is 8.53. The zero-order chi connectivity index (χ0) is 16.2. The fourth-order valence-corrected chi connectivity index (χ4v) is 3.69. The standard InChI is InChI=1S/C16H26N4O3/c1-3-4-14-17-18-15-9-12-5-6-13(10-19(14)15)20(12)16(21)11-23-8-7-22-2/h12-13H,3-11H2,1-2H3. The Morgan fingerprint density at radius 2 is 2.09 bits per heavy atom. The average molecular weight is 322 g/mol. The van der Waals surface area contributed by atoms with Gasteiger partial charge in [0.25, 0.3) is 0 Å². The second-order valence-electron chi connectivity index (χ2n) is 6.33. The van der Waals surface area contributed by atoms with E-state index in [1.807, 2.05) is 4.90 Å². The summed E-state index contributed by atoms with van der Waals surface area (Å²) in [5, 5.41) is 8.70. The molecule has 2 atom stereocenters. The molecule has 7 nitrogen and oxygen atoms in total. The maximum Gasteiger partial charge on any atom is 0.249 e. The van der Waals surface area contributed by atoms with Crippen molar-refractivity contribution in [1.82, 2.24) is 19.7 Å². The lowest BCUT2D eigenvalue weighted by molar-refractivity contribution is -0.139. The molecule has 128 valence electrons. The number of amides is 1. The molecule has 2 unspecified atom stereocenters. The highest BCUT2D eigenvalue weighted by Gasteiger charge is 2.40. The van der Waals surface area contributed by atoms with Crippen molar-refractivity contribution in [3.05, 3.63) is 11.6 Å². The van der Waals surface area contributed by atoms with Crippen molar-refractivity contribution in [2.75, 3.05) is 26.9 Å². The predicted molar refractivity (Wildman–Crippen MR) is 84.1 cm³/mol. The number of aromatic nitrogens is 3. The van der Waals surface area contributed by atoms with E-state index in [9.17, 15) is 4.79 Å². The van der Waals surface area contributed by atoms with Gasteiger partial charge in [0.1, 0.15) is 18.3 Å². The third kappa shape index (κ3) is 3.40. The van der Waals surface area contributed by atoms with Gasteiger partial charge in [-0.3, -0.25) is 4.79 Å². The van der Waals surface area contributed by atoms with Crippen LogP contribution in [0.3, 0.4) is 0 Å². The fraction of sp³-hybridized carbons (Fsp3) is 0.812. The van der Waals surface area contributed by atoms with Gasteiger partial charge >= 0.3 is 0 Å². The SMILES string of the molecule is CCCc1nnc2n1CC1CCC(C2)N1C(=O)COCCOC. The van der Waals surface area contributed by atoms with Crippen LogP contribution >= 0.6 is 0 Å². The Kier molecular flexibility index (Phi) is 5.27. The van der Waals surface area contributed by atoms with Crippen LogP contribution in [-0.4, -0.2) is 64.6 Å². The van der Waals surface area contributed by atoms with Crippen LogP contribution in [0.5, 0.6) is 0 Å². The van der Waals surface area contributed by atoms with E-state index in [0.717, 1.165) is 50.3 Å². The molecule has 2 aliphatic rings. The zero-order valence-electron chi connectivity index (χ0n) is 14.0. The Labute approximate surface area is 137 Å². The minimum atomic E-state index is 0.0874. The lowest BCUT2D eigenvalue weighted by atomic mass is 10.1. The summed E-state index contributed by atoms with van der Waals surface area (Å²) >= 11 is 0. The third-order valence-corrected chi connectivity index (χ3v) is 4.75. The number of nitrogens with zero attached hydrogens (tertiary/aromatic N) is 4. The molecule has 0 spiro atoms. The van der Waals surface area contributed by atoms with Gasteiger partial charge in [-0.15, -0.1) is 10.2 Å². The summed E-state index contributed by atoms with van der Waals surface area (Å²) in [5.74, 6) is 2.17. The van der Waals surface area contributed by atoms with Crippen molar-refractivity contribution in [2.45, 2.75) is 57.7 Å². The lowest BCUT2D eigenvalue weighted by Crippen LogP contribution is -2.44. The average Bonchev–Trinajstić information content (AvgIpc) is 3.04. The molecule has 1 aromatic heterocycles. The summed E-state index contributed by atoms with van der Waals surface area (Å²) < 4.78 is 12.6. The van der Waals surface area contributed by atoms with Gasteiger partial charge in [-0.05, 0) is 19.3 Å². The van der Waals surface area contributed by atoms with Crippen LogP contribution in [0, 0.1) is 0 Å². The van der Waals surface area contributed by atoms with E-state index in [1.54, 1.807) is 7.11 Å². The number of hydrogen-bond donors (Lipinski definition) is 0. The highest BCUT2D eigenvalue weighted by atomic mass is 16.5. The van der Waals surface area contributed by atoms with Crippen LogP contribution in [0.4, 0.5) is 0 Å². The van der Waals surface area contributed by atoms with Gasteiger partial charge in [-0.2, -0.15) is 0 Å². The number of fused-ring (bicyclic) bond motifs is 3. The Morgan fingerprint density at radius 1 is 1.26 bits per heavy atom. The Bertz CT molecular complexity index is 545. The molecule has 0 saturated carbocycles. The number of hydrogen-bond acceptors (Lipinski definition) is 5. The number of carbonyl (C=O) groups excluding carboxylic acids is 1. The third-order valence-electron chi connectivity index (χ3n) is 4.75. The van der Waals surface area contributed by atoms with Gasteiger partial charge in [0.05, 0.1) is 19.3 Å².